The molecule has 3 aromatic carbocycles. The minimum Gasteiger partial charge on any atom is -0.496 e. The first kappa shape index (κ1) is 32.5. The zero-order chi connectivity index (χ0) is 32.7. The summed E-state index contributed by atoms with van der Waals surface area (Å²) in [7, 11) is 4.64. The Morgan fingerprint density at radius 3 is 2.37 bits per heavy atom. The van der Waals surface area contributed by atoms with Crippen LogP contribution in [0.15, 0.2) is 66.9 Å². The Morgan fingerprint density at radius 2 is 1.72 bits per heavy atom. The second-order valence-electron chi connectivity index (χ2n) is 12.0. The van der Waals surface area contributed by atoms with Crippen LogP contribution in [0, 0.1) is 12.3 Å². The monoisotopic (exact) mass is 625 g/mol. The van der Waals surface area contributed by atoms with Crippen molar-refractivity contribution in [1.29, 1.82) is 0 Å². The molecule has 0 aliphatic carbocycles. The molecular weight excluding hydrogens is 582 g/mol. The van der Waals surface area contributed by atoms with Crippen LogP contribution in [0.4, 0.5) is 5.69 Å². The van der Waals surface area contributed by atoms with Gasteiger partial charge in [-0.1, -0.05) is 44.2 Å². The van der Waals surface area contributed by atoms with Crippen LogP contribution in [0.5, 0.6) is 28.7 Å². The maximum atomic E-state index is 13.3. The van der Waals surface area contributed by atoms with Gasteiger partial charge in [0.15, 0.2) is 0 Å². The van der Waals surface area contributed by atoms with E-state index in [1.165, 1.54) is 19.8 Å². The summed E-state index contributed by atoms with van der Waals surface area (Å²) in [6.07, 6.45) is 6.87. The number of amides is 1. The molecule has 0 bridgehead atoms. The molecule has 0 fully saturated rings. The Morgan fingerprint density at radius 1 is 0.978 bits per heavy atom. The minimum atomic E-state index is -0.670. The summed E-state index contributed by atoms with van der Waals surface area (Å²) in [6, 6.07) is 19.8. The summed E-state index contributed by atoms with van der Waals surface area (Å²) in [4.78, 5) is 21.3. The molecule has 1 aliphatic heterocycles. The van der Waals surface area contributed by atoms with Crippen LogP contribution in [0.2, 0.25) is 0 Å². The molecule has 2 N–H and O–H groups in total. The van der Waals surface area contributed by atoms with Crippen LogP contribution in [0.1, 0.15) is 55.8 Å². The molecule has 9 heteroatoms. The van der Waals surface area contributed by atoms with Gasteiger partial charge in [-0.2, -0.15) is 0 Å². The largest absolute Gasteiger partial charge is 0.496 e. The Hall–Kier alpha value is -4.92. The number of aryl methyl sites for hydroxylation is 2. The second kappa shape index (κ2) is 14.5. The van der Waals surface area contributed by atoms with Gasteiger partial charge in [0.2, 0.25) is 5.91 Å². The molecule has 1 unspecified atom stereocenters. The lowest BCUT2D eigenvalue weighted by atomic mass is 9.86. The first-order chi connectivity index (χ1) is 22.2. The Balaban J connectivity index is 1.21. The van der Waals surface area contributed by atoms with Crippen molar-refractivity contribution >= 4 is 23.2 Å². The molecule has 2 heterocycles. The second-order valence-corrected chi connectivity index (χ2v) is 12.0. The van der Waals surface area contributed by atoms with Crippen molar-refractivity contribution in [2.24, 2.45) is 5.41 Å². The van der Waals surface area contributed by atoms with E-state index in [1.807, 2.05) is 51.2 Å². The first-order valence-corrected chi connectivity index (χ1v) is 15.5. The van der Waals surface area contributed by atoms with Crippen molar-refractivity contribution in [2.45, 2.75) is 52.6 Å². The average molecular weight is 626 g/mol. The molecule has 1 atom stereocenters. The van der Waals surface area contributed by atoms with Crippen LogP contribution in [-0.2, 0) is 11.2 Å². The summed E-state index contributed by atoms with van der Waals surface area (Å²) < 4.78 is 29.0. The molecule has 4 aromatic rings. The summed E-state index contributed by atoms with van der Waals surface area (Å²) in [5.41, 5.74) is 4.04. The number of carbonyl (C=O) groups excluding carboxylic acids is 1. The first-order valence-electron chi connectivity index (χ1n) is 15.5. The number of aromatic nitrogens is 2. The van der Waals surface area contributed by atoms with Crippen LogP contribution >= 0.6 is 0 Å². The van der Waals surface area contributed by atoms with Gasteiger partial charge in [0.05, 0.1) is 27.9 Å². The van der Waals surface area contributed by atoms with Crippen molar-refractivity contribution in [3.63, 3.8) is 0 Å². The highest BCUT2D eigenvalue weighted by Crippen LogP contribution is 2.40. The van der Waals surface area contributed by atoms with Crippen molar-refractivity contribution in [2.75, 3.05) is 33.3 Å². The predicted molar refractivity (Wildman–Crippen MR) is 180 cm³/mol. The molecule has 0 spiro atoms. The quantitative estimate of drug-likeness (QED) is 0.140. The summed E-state index contributed by atoms with van der Waals surface area (Å²) >= 11 is 0. The van der Waals surface area contributed by atoms with Gasteiger partial charge in [-0.25, -0.2) is 4.98 Å². The SMILES string of the molecule is COc1cc(OC)c(NC(=O)C(C)(C)CCCOc2ccc3c(c2)C=C(c2ncc(C)[nH]2)C(CCc2ccccc2)O3)c(OC)c1. The molecule has 1 aromatic heterocycles. The third-order valence-corrected chi connectivity index (χ3v) is 8.21. The van der Waals surface area contributed by atoms with E-state index in [-0.39, 0.29) is 12.0 Å². The van der Waals surface area contributed by atoms with E-state index < -0.39 is 5.41 Å². The zero-order valence-corrected chi connectivity index (χ0v) is 27.4. The maximum absolute atomic E-state index is 13.3. The number of hydrogen-bond acceptors (Lipinski definition) is 7. The highest BCUT2D eigenvalue weighted by molar-refractivity contribution is 5.97. The number of methoxy groups -OCH3 is 3. The predicted octanol–water partition coefficient (Wildman–Crippen LogP) is 7.50. The number of anilines is 1. The molecule has 5 rings (SSSR count). The molecule has 1 amide bonds. The lowest BCUT2D eigenvalue weighted by molar-refractivity contribution is -0.124. The fourth-order valence-corrected chi connectivity index (χ4v) is 5.48. The molecule has 0 saturated heterocycles. The summed E-state index contributed by atoms with van der Waals surface area (Å²) in [6.45, 7) is 6.28. The van der Waals surface area contributed by atoms with Gasteiger partial charge in [0.25, 0.3) is 0 Å². The highest BCUT2D eigenvalue weighted by atomic mass is 16.5. The van der Waals surface area contributed by atoms with Gasteiger partial charge < -0.3 is 34.0 Å². The van der Waals surface area contributed by atoms with Crippen molar-refractivity contribution in [3.05, 3.63) is 89.5 Å². The van der Waals surface area contributed by atoms with Gasteiger partial charge in [-0.3, -0.25) is 4.79 Å². The Labute approximate surface area is 270 Å². The molecule has 46 heavy (non-hydrogen) atoms. The lowest BCUT2D eigenvalue weighted by Crippen LogP contribution is -2.31. The molecule has 242 valence electrons. The number of nitrogens with zero attached hydrogens (tertiary/aromatic N) is 1. The maximum Gasteiger partial charge on any atom is 0.230 e. The van der Waals surface area contributed by atoms with E-state index in [4.69, 9.17) is 23.7 Å². The number of rotatable bonds is 14. The van der Waals surface area contributed by atoms with Crippen LogP contribution in [0.25, 0.3) is 11.6 Å². The number of imidazole rings is 1. The topological polar surface area (TPSA) is 104 Å². The minimum absolute atomic E-state index is 0.128. The van der Waals surface area contributed by atoms with Gasteiger partial charge in [-0.15, -0.1) is 0 Å². The summed E-state index contributed by atoms with van der Waals surface area (Å²) in [5, 5.41) is 2.99. The van der Waals surface area contributed by atoms with Crippen LogP contribution in [-0.4, -0.2) is 49.9 Å². The van der Waals surface area contributed by atoms with Gasteiger partial charge in [-0.05, 0) is 62.4 Å². The smallest absolute Gasteiger partial charge is 0.230 e. The van der Waals surface area contributed by atoms with E-state index in [0.717, 1.165) is 47.0 Å². The Bertz CT molecular complexity index is 1650. The van der Waals surface area contributed by atoms with Gasteiger partial charge >= 0.3 is 0 Å². The third-order valence-electron chi connectivity index (χ3n) is 8.21. The number of carbonyl (C=O) groups is 1. The standard InChI is InChI=1S/C37H43N3O6/c1-24-23-38-35(39-24)29-20-26-19-27(14-16-30(26)46-31(29)15-13-25-11-8-7-9-12-25)45-18-10-17-37(2,3)36(41)40-34-32(43-5)21-28(42-4)22-33(34)44-6/h7-9,11-12,14,16,19-23,31H,10,13,15,17-18H2,1-6H3,(H,38,39)(H,40,41). The number of ether oxygens (including phenoxy) is 5. The fraction of sp³-hybridized carbons (Fsp3) is 0.351. The van der Waals surface area contributed by atoms with Gasteiger partial charge in [0.1, 0.15) is 46.4 Å². The van der Waals surface area contributed by atoms with Crippen molar-refractivity contribution in [3.8, 4) is 28.7 Å². The summed E-state index contributed by atoms with van der Waals surface area (Å²) in [5.74, 6) is 3.73. The number of hydrogen-bond donors (Lipinski definition) is 2. The van der Waals surface area contributed by atoms with E-state index in [0.29, 0.717) is 42.4 Å². The third kappa shape index (κ3) is 7.65. The van der Waals surface area contributed by atoms with Crippen LogP contribution < -0.4 is 29.0 Å². The van der Waals surface area contributed by atoms with Crippen molar-refractivity contribution in [1.82, 2.24) is 9.97 Å². The number of nitrogens with one attached hydrogen (secondary N) is 2. The van der Waals surface area contributed by atoms with Crippen molar-refractivity contribution < 1.29 is 28.5 Å². The van der Waals surface area contributed by atoms with E-state index in [1.54, 1.807) is 19.2 Å². The fourth-order valence-electron chi connectivity index (χ4n) is 5.48. The van der Waals surface area contributed by atoms with Crippen LogP contribution in [0.3, 0.4) is 0 Å². The van der Waals surface area contributed by atoms with E-state index in [2.05, 4.69) is 45.6 Å². The highest BCUT2D eigenvalue weighted by Gasteiger charge is 2.30. The number of fused-ring (bicyclic) bond motifs is 1. The van der Waals surface area contributed by atoms with E-state index >= 15 is 0 Å². The lowest BCUT2D eigenvalue weighted by Gasteiger charge is -2.27. The molecule has 1 aliphatic rings. The van der Waals surface area contributed by atoms with Gasteiger partial charge in [0, 0.05) is 40.6 Å². The molecule has 0 radical (unpaired) electrons. The number of benzene rings is 3. The zero-order valence-electron chi connectivity index (χ0n) is 27.4. The molecule has 0 saturated carbocycles. The van der Waals surface area contributed by atoms with E-state index in [9.17, 15) is 4.79 Å². The number of H-pyrrole nitrogens is 1. The molecule has 9 nitrogen and oxygen atoms in total. The average Bonchev–Trinajstić information content (AvgIpc) is 3.51. The number of aromatic amines is 1. The Kier molecular flexibility index (Phi) is 10.2. The molecular formula is C37H43N3O6. The normalized spacial score (nSPS) is 14.0.